The molecule has 1 saturated carbocycles. The van der Waals surface area contributed by atoms with E-state index in [4.69, 9.17) is 0 Å². The van der Waals surface area contributed by atoms with Crippen LogP contribution in [0.5, 0.6) is 0 Å². The van der Waals surface area contributed by atoms with Crippen LogP contribution in [0.4, 0.5) is 0 Å². The molecule has 0 unspecified atom stereocenters. The van der Waals surface area contributed by atoms with E-state index in [9.17, 15) is 5.11 Å². The Labute approximate surface area is 94.7 Å². The lowest BCUT2D eigenvalue weighted by molar-refractivity contribution is 0.209. The van der Waals surface area contributed by atoms with Gasteiger partial charge in [-0.2, -0.15) is 5.10 Å². The maximum absolute atomic E-state index is 9.39. The fourth-order valence-corrected chi connectivity index (χ4v) is 2.33. The van der Waals surface area contributed by atoms with Crippen LogP contribution in [0, 0.1) is 5.41 Å². The molecule has 2 aromatic rings. The molecular weight excluding hydrogens is 200 g/mol. The van der Waals surface area contributed by atoms with Gasteiger partial charge in [-0.25, -0.2) is 0 Å². The summed E-state index contributed by atoms with van der Waals surface area (Å²) in [6.45, 7) is 0.298. The van der Waals surface area contributed by atoms with Crippen molar-refractivity contribution < 1.29 is 5.11 Å². The van der Waals surface area contributed by atoms with E-state index in [0.717, 1.165) is 24.8 Å². The fourth-order valence-electron chi connectivity index (χ4n) is 2.33. The number of benzene rings is 1. The molecule has 1 heterocycles. The molecule has 0 spiro atoms. The largest absolute Gasteiger partial charge is 0.396 e. The molecule has 0 amide bonds. The van der Waals surface area contributed by atoms with Crippen molar-refractivity contribution in [1.29, 1.82) is 0 Å². The Balaban J connectivity index is 2.05. The zero-order valence-corrected chi connectivity index (χ0v) is 9.48. The third-order valence-corrected chi connectivity index (χ3v) is 3.70. The summed E-state index contributed by atoms with van der Waals surface area (Å²) in [4.78, 5) is 0. The van der Waals surface area contributed by atoms with Crippen LogP contribution >= 0.6 is 0 Å². The van der Waals surface area contributed by atoms with Crippen LogP contribution in [-0.2, 0) is 13.5 Å². The van der Waals surface area contributed by atoms with Gasteiger partial charge in [-0.15, -0.1) is 0 Å². The first-order valence-electron chi connectivity index (χ1n) is 5.76. The monoisotopic (exact) mass is 216 g/mol. The van der Waals surface area contributed by atoms with Crippen LogP contribution in [0.15, 0.2) is 24.3 Å². The van der Waals surface area contributed by atoms with E-state index >= 15 is 0 Å². The van der Waals surface area contributed by atoms with Crippen LogP contribution in [0.2, 0.25) is 0 Å². The predicted octanol–water partition coefficient (Wildman–Crippen LogP) is 1.89. The summed E-state index contributed by atoms with van der Waals surface area (Å²) in [5.41, 5.74) is 2.45. The number of aryl methyl sites for hydroxylation is 1. The lowest BCUT2D eigenvalue weighted by atomic mass is 9.99. The summed E-state index contributed by atoms with van der Waals surface area (Å²) in [7, 11) is 1.99. The van der Waals surface area contributed by atoms with Gasteiger partial charge in [0.25, 0.3) is 0 Å². The Hall–Kier alpha value is -1.35. The highest BCUT2D eigenvalue weighted by atomic mass is 16.3. The number of aromatic nitrogens is 2. The highest BCUT2D eigenvalue weighted by molar-refractivity contribution is 5.81. The van der Waals surface area contributed by atoms with Crippen molar-refractivity contribution in [1.82, 2.24) is 9.78 Å². The van der Waals surface area contributed by atoms with Gasteiger partial charge >= 0.3 is 0 Å². The van der Waals surface area contributed by atoms with E-state index in [2.05, 4.69) is 11.2 Å². The Morgan fingerprint density at radius 2 is 2.12 bits per heavy atom. The molecule has 1 aromatic heterocycles. The number of hydrogen-bond donors (Lipinski definition) is 1. The Morgan fingerprint density at radius 1 is 1.38 bits per heavy atom. The molecule has 3 rings (SSSR count). The van der Waals surface area contributed by atoms with Crippen molar-refractivity contribution in [3.05, 3.63) is 30.0 Å². The molecule has 1 fully saturated rings. The van der Waals surface area contributed by atoms with Gasteiger partial charge in [0.05, 0.1) is 5.52 Å². The average Bonchev–Trinajstić information content (AvgIpc) is 3.01. The third-order valence-electron chi connectivity index (χ3n) is 3.70. The highest BCUT2D eigenvalue weighted by Crippen LogP contribution is 2.48. The topological polar surface area (TPSA) is 38.0 Å². The molecule has 84 valence electrons. The van der Waals surface area contributed by atoms with Crippen molar-refractivity contribution in [2.45, 2.75) is 19.3 Å². The zero-order chi connectivity index (χ0) is 11.2. The minimum atomic E-state index is 0.149. The summed E-state index contributed by atoms with van der Waals surface area (Å²) in [6, 6.07) is 8.21. The predicted molar refractivity (Wildman–Crippen MR) is 63.2 cm³/mol. The Kier molecular flexibility index (Phi) is 2.04. The average molecular weight is 216 g/mol. The van der Waals surface area contributed by atoms with Gasteiger partial charge in [0.2, 0.25) is 0 Å². The van der Waals surface area contributed by atoms with Crippen LogP contribution in [0.25, 0.3) is 10.9 Å². The first-order chi connectivity index (χ1) is 7.74. The summed E-state index contributed by atoms with van der Waals surface area (Å²) in [6.07, 6.45) is 3.23. The molecule has 0 saturated heterocycles. The van der Waals surface area contributed by atoms with E-state index in [1.54, 1.807) is 0 Å². The van der Waals surface area contributed by atoms with Gasteiger partial charge in [0, 0.05) is 24.7 Å². The van der Waals surface area contributed by atoms with Crippen LogP contribution in [0.1, 0.15) is 18.5 Å². The summed E-state index contributed by atoms with van der Waals surface area (Å²) < 4.78 is 1.96. The Bertz CT molecular complexity index is 526. The molecular formula is C13H16N2O. The zero-order valence-electron chi connectivity index (χ0n) is 9.48. The fraction of sp³-hybridized carbons (Fsp3) is 0.462. The van der Waals surface area contributed by atoms with E-state index in [0.29, 0.717) is 6.61 Å². The van der Waals surface area contributed by atoms with Gasteiger partial charge in [0.1, 0.15) is 0 Å². The number of nitrogens with zero attached hydrogens (tertiary/aromatic N) is 2. The molecule has 3 nitrogen and oxygen atoms in total. The lowest BCUT2D eigenvalue weighted by Gasteiger charge is -2.11. The molecule has 3 heteroatoms. The quantitative estimate of drug-likeness (QED) is 0.850. The normalized spacial score (nSPS) is 17.9. The minimum absolute atomic E-state index is 0.149. The van der Waals surface area contributed by atoms with Crippen LogP contribution in [0.3, 0.4) is 0 Å². The maximum Gasteiger partial charge on any atom is 0.0926 e. The number of aliphatic hydroxyl groups excluding tert-OH is 1. The first kappa shape index (κ1) is 9.85. The summed E-state index contributed by atoms with van der Waals surface area (Å²) >= 11 is 0. The molecule has 1 aromatic carbocycles. The number of hydrogen-bond acceptors (Lipinski definition) is 2. The standard InChI is InChI=1S/C13H16N2O/c1-15-12(8-13(9-16)6-7-13)10-4-2-3-5-11(10)14-15/h2-5,16H,6-9H2,1H3. The minimum Gasteiger partial charge on any atom is -0.396 e. The van der Waals surface area contributed by atoms with Gasteiger partial charge in [-0.3, -0.25) is 4.68 Å². The molecule has 1 aliphatic rings. The summed E-state index contributed by atoms with van der Waals surface area (Å²) in [5, 5.41) is 15.1. The number of aliphatic hydroxyl groups is 1. The van der Waals surface area contributed by atoms with E-state index in [1.807, 2.05) is 29.9 Å². The lowest BCUT2D eigenvalue weighted by Crippen LogP contribution is -2.13. The smallest absolute Gasteiger partial charge is 0.0926 e. The second-order valence-corrected chi connectivity index (χ2v) is 4.92. The number of fused-ring (bicyclic) bond motifs is 1. The van der Waals surface area contributed by atoms with E-state index in [-0.39, 0.29) is 5.41 Å². The molecule has 1 N–H and O–H groups in total. The van der Waals surface area contributed by atoms with Gasteiger partial charge < -0.3 is 5.11 Å². The van der Waals surface area contributed by atoms with Gasteiger partial charge in [-0.05, 0) is 30.7 Å². The van der Waals surface area contributed by atoms with E-state index in [1.165, 1.54) is 11.1 Å². The van der Waals surface area contributed by atoms with Crippen molar-refractivity contribution >= 4 is 10.9 Å². The molecule has 0 aliphatic heterocycles. The Morgan fingerprint density at radius 3 is 2.81 bits per heavy atom. The van der Waals surface area contributed by atoms with E-state index < -0.39 is 0 Å². The van der Waals surface area contributed by atoms with Gasteiger partial charge in [0.15, 0.2) is 0 Å². The third kappa shape index (κ3) is 1.43. The molecule has 16 heavy (non-hydrogen) atoms. The molecule has 1 aliphatic carbocycles. The van der Waals surface area contributed by atoms with Crippen molar-refractivity contribution in [3.8, 4) is 0 Å². The maximum atomic E-state index is 9.39. The molecule has 0 atom stereocenters. The van der Waals surface area contributed by atoms with Crippen molar-refractivity contribution in [3.63, 3.8) is 0 Å². The van der Waals surface area contributed by atoms with Crippen molar-refractivity contribution in [2.24, 2.45) is 12.5 Å². The van der Waals surface area contributed by atoms with Gasteiger partial charge in [-0.1, -0.05) is 18.2 Å². The first-order valence-corrected chi connectivity index (χ1v) is 5.76. The van der Waals surface area contributed by atoms with Crippen molar-refractivity contribution in [2.75, 3.05) is 6.61 Å². The van der Waals surface area contributed by atoms with Crippen LogP contribution in [-0.4, -0.2) is 21.5 Å². The second kappa shape index (κ2) is 3.32. The molecule has 0 radical (unpaired) electrons. The second-order valence-electron chi connectivity index (χ2n) is 4.92. The SMILES string of the molecule is Cn1nc2ccccc2c1CC1(CO)CC1. The summed E-state index contributed by atoms with van der Waals surface area (Å²) in [5.74, 6) is 0. The molecule has 0 bridgehead atoms. The van der Waals surface area contributed by atoms with Crippen LogP contribution < -0.4 is 0 Å². The highest BCUT2D eigenvalue weighted by Gasteiger charge is 2.42. The number of rotatable bonds is 3.